The van der Waals surface area contributed by atoms with Crippen molar-refractivity contribution in [1.29, 1.82) is 0 Å². The lowest BCUT2D eigenvalue weighted by atomic mass is 9.44. The average Bonchev–Trinajstić information content (AvgIpc) is 3.50. The van der Waals surface area contributed by atoms with Gasteiger partial charge < -0.3 is 49.2 Å². The van der Waals surface area contributed by atoms with Crippen LogP contribution in [-0.4, -0.2) is 126 Å². The van der Waals surface area contributed by atoms with Crippen LogP contribution in [0.1, 0.15) is 91.4 Å². The van der Waals surface area contributed by atoms with Crippen LogP contribution >= 0.6 is 0 Å². The van der Waals surface area contributed by atoms with Crippen LogP contribution in [0, 0.1) is 16.7 Å². The molecule has 5 aliphatic rings. The predicted molar refractivity (Wildman–Crippen MR) is 203 cm³/mol. The number of hydrogen-bond donors (Lipinski definition) is 5. The number of cyclic esters (lactones) is 1. The third-order valence-corrected chi connectivity index (χ3v) is 13.2. The van der Waals surface area contributed by atoms with Gasteiger partial charge in [0.25, 0.3) is 0 Å². The molecule has 1 amide bonds. The molecule has 12 atom stereocenters. The summed E-state index contributed by atoms with van der Waals surface area (Å²) >= 11 is 0. The minimum atomic E-state index is -3.68. The van der Waals surface area contributed by atoms with Gasteiger partial charge in [0.2, 0.25) is 0 Å². The Bertz CT molecular complexity index is 2280. The third-order valence-electron chi connectivity index (χ3n) is 13.2. The highest BCUT2D eigenvalue weighted by Crippen LogP contribution is 2.64. The fraction of sp³-hybridized carbons (Fsp3) is 0.558. The van der Waals surface area contributed by atoms with Gasteiger partial charge in [0.15, 0.2) is 29.3 Å². The quantitative estimate of drug-likeness (QED) is 0.146. The first-order valence-corrected chi connectivity index (χ1v) is 19.1. The molecule has 2 aromatic rings. The molecule has 0 radical (unpaired) electrons. The van der Waals surface area contributed by atoms with Crippen molar-refractivity contribution in [3.63, 3.8) is 0 Å². The summed E-state index contributed by atoms with van der Waals surface area (Å²) in [7, 11) is 0. The van der Waals surface area contributed by atoms with E-state index < -0.39 is 132 Å². The molecule has 5 N–H and O–H groups in total. The molecule has 2 saturated heterocycles. The van der Waals surface area contributed by atoms with Crippen molar-refractivity contribution in [2.45, 2.75) is 127 Å². The summed E-state index contributed by atoms with van der Waals surface area (Å²) in [5.41, 5.74) is -12.2. The van der Waals surface area contributed by atoms with E-state index in [4.69, 9.17) is 31.9 Å². The predicted octanol–water partition coefficient (Wildman–Crippen LogP) is 2.28. The van der Waals surface area contributed by atoms with Crippen molar-refractivity contribution >= 4 is 29.8 Å². The van der Waals surface area contributed by atoms with Crippen molar-refractivity contribution < 1.29 is 81.4 Å². The van der Waals surface area contributed by atoms with Crippen LogP contribution in [-0.2, 0) is 38.1 Å². The Hall–Kier alpha value is -4.71. The minimum Gasteiger partial charge on any atom is -0.456 e. The molecule has 3 aliphatic carbocycles. The van der Waals surface area contributed by atoms with Gasteiger partial charge >= 0.3 is 24.0 Å². The summed E-state index contributed by atoms with van der Waals surface area (Å²) in [6, 6.07) is 12.3. The van der Waals surface area contributed by atoms with E-state index in [1.165, 1.54) is 70.2 Å². The molecule has 2 bridgehead atoms. The summed E-state index contributed by atoms with van der Waals surface area (Å²) in [5, 5.41) is 61.1. The van der Waals surface area contributed by atoms with Crippen LogP contribution in [0.3, 0.4) is 0 Å². The maximum Gasteiger partial charge on any atom is 0.413 e. The molecular weight excluding hydrogens is 770 g/mol. The van der Waals surface area contributed by atoms with Crippen LogP contribution in [0.25, 0.3) is 0 Å². The zero-order valence-electron chi connectivity index (χ0n) is 38.9. The minimum absolute atomic E-state index is 0.00669. The standard InChI is InChI=1S/C43H51NO15/c1-21-25(56-36(51)31(48)29(23-14-10-8-11-15-23)44-37(52)40(5,6)59-38(44)53)19-43(54)34(57-35(50)24-16-12-9-13-17-24)32-41(7,33(49)30(47)28(21)39(43,3)4)26(46)18-27-42(32,20-55-27)58-22(2)45/h8-17,25-27,29-32,34,37,46-48,52,54H,18-20H2,1-7H3/t25-,26-,27+,29-,30+,31+,32-,34-,37?,41+,42-,43+/m1/s1/i5D3,6D3. The topological polar surface area (TPSA) is 236 Å². The second-order valence-corrected chi connectivity index (χ2v) is 16.8. The molecular formula is C43H51NO15. The highest BCUT2D eigenvalue weighted by Gasteiger charge is 2.78. The van der Waals surface area contributed by atoms with Crippen molar-refractivity contribution in [2.75, 3.05) is 6.61 Å². The van der Waals surface area contributed by atoms with Gasteiger partial charge in [-0.25, -0.2) is 14.4 Å². The van der Waals surface area contributed by atoms with E-state index in [1.807, 2.05) is 0 Å². The van der Waals surface area contributed by atoms with Crippen LogP contribution < -0.4 is 0 Å². The van der Waals surface area contributed by atoms with E-state index in [0.717, 1.165) is 6.92 Å². The number of benzene rings is 2. The number of fused-ring (bicyclic) bond motifs is 5. The maximum absolute atomic E-state index is 15.0. The van der Waals surface area contributed by atoms with E-state index in [1.54, 1.807) is 18.2 Å². The van der Waals surface area contributed by atoms with Gasteiger partial charge in [-0.1, -0.05) is 62.4 Å². The highest BCUT2D eigenvalue weighted by molar-refractivity contribution is 5.94. The number of amides is 1. The van der Waals surface area contributed by atoms with E-state index in [2.05, 4.69) is 0 Å². The Kier molecular flexibility index (Phi) is 8.61. The van der Waals surface area contributed by atoms with Crippen LogP contribution in [0.15, 0.2) is 71.8 Å². The van der Waals surface area contributed by atoms with Gasteiger partial charge in [-0.2, -0.15) is 0 Å². The van der Waals surface area contributed by atoms with E-state index in [-0.39, 0.29) is 40.2 Å². The second kappa shape index (κ2) is 14.5. The largest absolute Gasteiger partial charge is 0.456 e. The van der Waals surface area contributed by atoms with Crippen LogP contribution in [0.5, 0.6) is 0 Å². The van der Waals surface area contributed by atoms with Gasteiger partial charge in [-0.3, -0.25) is 14.5 Å². The van der Waals surface area contributed by atoms with Gasteiger partial charge in [-0.15, -0.1) is 0 Å². The molecule has 16 heteroatoms. The molecule has 2 heterocycles. The zero-order chi connectivity index (χ0) is 48.2. The number of carbonyl (C=O) groups is 5. The van der Waals surface area contributed by atoms with Crippen LogP contribution in [0.4, 0.5) is 4.79 Å². The smallest absolute Gasteiger partial charge is 0.413 e. The molecule has 16 nitrogen and oxygen atoms in total. The number of aliphatic hydroxyl groups excluding tert-OH is 4. The Morgan fingerprint density at radius 3 is 2.15 bits per heavy atom. The molecule has 2 saturated carbocycles. The number of carbonyl (C=O) groups excluding carboxylic acids is 5. The first-order valence-electron chi connectivity index (χ1n) is 22.1. The van der Waals surface area contributed by atoms with Gasteiger partial charge in [0.05, 0.1) is 35.6 Å². The number of aliphatic hydroxyl groups is 5. The number of nitrogens with zero attached hydrogens (tertiary/aromatic N) is 1. The Labute approximate surface area is 349 Å². The van der Waals surface area contributed by atoms with Gasteiger partial charge in [0, 0.05) is 33.4 Å². The Morgan fingerprint density at radius 1 is 0.966 bits per heavy atom. The lowest BCUT2D eigenvalue weighted by Crippen LogP contribution is -2.81. The van der Waals surface area contributed by atoms with E-state index >= 15 is 4.79 Å². The van der Waals surface area contributed by atoms with E-state index in [9.17, 15) is 44.7 Å². The molecule has 4 fully saturated rings. The normalized spacial score (nSPS) is 38.6. The highest BCUT2D eigenvalue weighted by atomic mass is 16.6. The fourth-order valence-corrected chi connectivity index (χ4v) is 10.1. The molecule has 0 aromatic heterocycles. The SMILES string of the molecule is [2H]C([2H])([2H])C1(C([2H])([2H])[2H])OC(=O)N([C@H](c2ccccc2)[C@H](O)C(=O)O[C@@H]2C[C@]3(O)[C@H](OC(=O)c4ccccc4)[C@H]4[C@@]5(OC(C)=O)CO[C@H]5C[C@@H](O)[C@]4(C)C(=O)[C@@H](O)C(=C2C)C3(C)C)C1O. The lowest BCUT2D eigenvalue weighted by molar-refractivity contribution is -0.346. The molecule has 2 aromatic carbocycles. The summed E-state index contributed by atoms with van der Waals surface area (Å²) < 4.78 is 77.0. The van der Waals surface area contributed by atoms with E-state index in [0.29, 0.717) is 0 Å². The lowest BCUT2D eigenvalue weighted by Gasteiger charge is -2.67. The molecule has 2 aliphatic heterocycles. The van der Waals surface area contributed by atoms with Gasteiger partial charge in [-0.05, 0) is 56.4 Å². The fourth-order valence-electron chi connectivity index (χ4n) is 10.1. The first-order chi connectivity index (χ1) is 30.0. The molecule has 1 unspecified atom stereocenters. The van der Waals surface area contributed by atoms with Crippen molar-refractivity contribution in [3.05, 3.63) is 82.9 Å². The third kappa shape index (κ3) is 6.29. The van der Waals surface area contributed by atoms with Gasteiger partial charge in [0.1, 0.15) is 30.0 Å². The summed E-state index contributed by atoms with van der Waals surface area (Å²) in [6.45, 7) is -1.07. The average molecular weight is 828 g/mol. The zero-order valence-corrected chi connectivity index (χ0v) is 32.9. The molecule has 0 spiro atoms. The summed E-state index contributed by atoms with van der Waals surface area (Å²) in [4.78, 5) is 70.4. The molecule has 318 valence electrons. The summed E-state index contributed by atoms with van der Waals surface area (Å²) in [5.74, 6) is -6.13. The number of esters is 3. The molecule has 7 rings (SSSR count). The van der Waals surface area contributed by atoms with Crippen LogP contribution in [0.2, 0.25) is 0 Å². The Balaban J connectivity index is 1.37. The van der Waals surface area contributed by atoms with Crippen molar-refractivity contribution in [3.8, 4) is 0 Å². The number of Topliss-reactive ketones (excluding diaryl/α,β-unsaturated/α-hetero) is 1. The van der Waals surface area contributed by atoms with Crippen molar-refractivity contribution in [1.82, 2.24) is 4.90 Å². The number of rotatable bonds is 8. The molecule has 59 heavy (non-hydrogen) atoms. The second-order valence-electron chi connectivity index (χ2n) is 16.8. The number of ether oxygens (including phenoxy) is 5. The first kappa shape index (κ1) is 35.1. The monoisotopic (exact) mass is 827 g/mol. The number of hydrogen-bond acceptors (Lipinski definition) is 15. The van der Waals surface area contributed by atoms with Crippen molar-refractivity contribution in [2.24, 2.45) is 16.7 Å². The number of ketones is 1. The maximum atomic E-state index is 15.0. The Morgan fingerprint density at radius 2 is 1.59 bits per heavy atom. The summed E-state index contributed by atoms with van der Waals surface area (Å²) in [6.07, 6.45) is -16.7.